The number of hydrogen-bond acceptors (Lipinski definition) is 9. The van der Waals surface area contributed by atoms with Crippen molar-refractivity contribution in [3.05, 3.63) is 35.3 Å². The largest absolute Gasteiger partial charge is 0.462 e. The van der Waals surface area contributed by atoms with Crippen molar-refractivity contribution in [3.8, 4) is 12.1 Å². The minimum Gasteiger partial charge on any atom is -0.462 e. The molecule has 12 heteroatoms. The Morgan fingerprint density at radius 1 is 1.18 bits per heavy atom. The van der Waals surface area contributed by atoms with E-state index in [1.807, 2.05) is 0 Å². The first-order valence-electron chi connectivity index (χ1n) is 13.2. The SMILES string of the molecule is CN1CCC[C@H]1COc1nc2c(c(N3CCNC(CC#N)C3)n1)CCCN(c1cnccc1C(F)(F)F)C2. The number of aromatic nitrogens is 3. The van der Waals surface area contributed by atoms with Crippen LogP contribution in [-0.4, -0.2) is 78.3 Å². The molecule has 2 aromatic rings. The molecule has 5 heterocycles. The maximum atomic E-state index is 13.8. The first kappa shape index (κ1) is 26.4. The number of likely N-dealkylation sites (N-methyl/N-ethyl adjacent to an activating group) is 1. The number of nitrogens with zero attached hydrogens (tertiary/aromatic N) is 7. The van der Waals surface area contributed by atoms with Crippen LogP contribution in [0.4, 0.5) is 24.7 Å². The quantitative estimate of drug-likeness (QED) is 0.605. The van der Waals surface area contributed by atoms with Crippen LogP contribution in [-0.2, 0) is 19.1 Å². The van der Waals surface area contributed by atoms with Gasteiger partial charge in [-0.05, 0) is 45.3 Å². The number of pyridine rings is 1. The highest BCUT2D eigenvalue weighted by Crippen LogP contribution is 2.38. The van der Waals surface area contributed by atoms with Crippen molar-refractivity contribution < 1.29 is 17.9 Å². The fraction of sp³-hybridized carbons (Fsp3) is 0.615. The second kappa shape index (κ2) is 11.3. The van der Waals surface area contributed by atoms with E-state index in [1.165, 1.54) is 12.4 Å². The van der Waals surface area contributed by atoms with Gasteiger partial charge in [0.2, 0.25) is 0 Å². The molecule has 5 rings (SSSR count). The normalized spacial score (nSPS) is 22.6. The summed E-state index contributed by atoms with van der Waals surface area (Å²) in [6, 6.07) is 3.80. The number of likely N-dealkylation sites (tertiary alicyclic amines) is 1. The van der Waals surface area contributed by atoms with Gasteiger partial charge in [-0.25, -0.2) is 0 Å². The average Bonchev–Trinajstić information content (AvgIpc) is 3.19. The molecular formula is C26H33F3N8O. The number of hydrogen-bond donors (Lipinski definition) is 1. The third kappa shape index (κ3) is 5.78. The molecule has 0 aliphatic carbocycles. The molecule has 2 fully saturated rings. The number of nitriles is 1. The van der Waals surface area contributed by atoms with Crippen molar-refractivity contribution in [2.24, 2.45) is 0 Å². The lowest BCUT2D eigenvalue weighted by atomic mass is 10.1. The Bertz CT molecular complexity index is 1170. The van der Waals surface area contributed by atoms with Crippen molar-refractivity contribution in [1.82, 2.24) is 25.2 Å². The van der Waals surface area contributed by atoms with E-state index < -0.39 is 11.7 Å². The monoisotopic (exact) mass is 530 g/mol. The van der Waals surface area contributed by atoms with Crippen LogP contribution in [0.3, 0.4) is 0 Å². The van der Waals surface area contributed by atoms with Crippen LogP contribution >= 0.6 is 0 Å². The van der Waals surface area contributed by atoms with Gasteiger partial charge in [0.05, 0.1) is 42.2 Å². The summed E-state index contributed by atoms with van der Waals surface area (Å²) in [5.74, 6) is 0.762. The summed E-state index contributed by atoms with van der Waals surface area (Å²) >= 11 is 0. The van der Waals surface area contributed by atoms with E-state index in [2.05, 4.69) is 33.2 Å². The van der Waals surface area contributed by atoms with Gasteiger partial charge in [0.15, 0.2) is 0 Å². The summed E-state index contributed by atoms with van der Waals surface area (Å²) in [6.07, 6.45) is 1.80. The van der Waals surface area contributed by atoms with E-state index in [1.54, 1.807) is 4.90 Å². The van der Waals surface area contributed by atoms with Crippen LogP contribution in [0.1, 0.15) is 42.5 Å². The maximum Gasteiger partial charge on any atom is 0.418 e. The molecule has 9 nitrogen and oxygen atoms in total. The number of rotatable bonds is 6. The van der Waals surface area contributed by atoms with E-state index in [-0.39, 0.29) is 30.3 Å². The Labute approximate surface area is 220 Å². The summed E-state index contributed by atoms with van der Waals surface area (Å²) in [5, 5.41) is 12.6. The van der Waals surface area contributed by atoms with Gasteiger partial charge < -0.3 is 24.8 Å². The summed E-state index contributed by atoms with van der Waals surface area (Å²) in [4.78, 5) is 19.7. The number of piperazine rings is 1. The highest BCUT2D eigenvalue weighted by Gasteiger charge is 2.36. The van der Waals surface area contributed by atoms with E-state index in [4.69, 9.17) is 14.7 Å². The van der Waals surface area contributed by atoms with Crippen molar-refractivity contribution in [2.45, 2.75) is 56.9 Å². The van der Waals surface area contributed by atoms with Gasteiger partial charge in [-0.3, -0.25) is 4.98 Å². The highest BCUT2D eigenvalue weighted by molar-refractivity contribution is 5.57. The number of alkyl halides is 3. The van der Waals surface area contributed by atoms with Crippen molar-refractivity contribution in [2.75, 3.05) is 56.2 Å². The highest BCUT2D eigenvalue weighted by atomic mass is 19.4. The Morgan fingerprint density at radius 2 is 2.05 bits per heavy atom. The van der Waals surface area contributed by atoms with E-state index >= 15 is 0 Å². The molecule has 3 aliphatic rings. The molecule has 2 aromatic heterocycles. The fourth-order valence-corrected chi connectivity index (χ4v) is 5.62. The molecule has 1 N–H and O–H groups in total. The molecule has 38 heavy (non-hydrogen) atoms. The zero-order valence-corrected chi connectivity index (χ0v) is 21.5. The summed E-state index contributed by atoms with van der Waals surface area (Å²) in [6.45, 7) is 4.15. The Kier molecular flexibility index (Phi) is 7.85. The third-order valence-electron chi connectivity index (χ3n) is 7.66. The van der Waals surface area contributed by atoms with Crippen molar-refractivity contribution in [1.29, 1.82) is 5.26 Å². The Morgan fingerprint density at radius 3 is 2.82 bits per heavy atom. The van der Waals surface area contributed by atoms with E-state index in [0.717, 1.165) is 36.8 Å². The molecule has 0 radical (unpaired) electrons. The lowest BCUT2D eigenvalue weighted by molar-refractivity contribution is -0.137. The first-order chi connectivity index (χ1) is 18.3. The number of ether oxygens (including phenoxy) is 1. The smallest absolute Gasteiger partial charge is 0.418 e. The number of nitrogens with one attached hydrogen (secondary N) is 1. The van der Waals surface area contributed by atoms with Crippen LogP contribution in [0.5, 0.6) is 6.01 Å². The number of anilines is 2. The second-order valence-electron chi connectivity index (χ2n) is 10.2. The molecular weight excluding hydrogens is 497 g/mol. The maximum absolute atomic E-state index is 13.8. The van der Waals surface area contributed by atoms with Crippen LogP contribution in [0, 0.1) is 11.3 Å². The van der Waals surface area contributed by atoms with Crippen molar-refractivity contribution in [3.63, 3.8) is 0 Å². The van der Waals surface area contributed by atoms with Gasteiger partial charge in [-0.1, -0.05) is 0 Å². The summed E-state index contributed by atoms with van der Waals surface area (Å²) < 4.78 is 47.6. The van der Waals surface area contributed by atoms with Crippen molar-refractivity contribution >= 4 is 11.5 Å². The predicted molar refractivity (Wildman–Crippen MR) is 136 cm³/mol. The molecule has 0 amide bonds. The number of halogens is 3. The van der Waals surface area contributed by atoms with Gasteiger partial charge in [-0.2, -0.15) is 28.4 Å². The molecule has 204 valence electrons. The Balaban J connectivity index is 1.49. The van der Waals surface area contributed by atoms with Crippen LogP contribution in [0.15, 0.2) is 18.5 Å². The lowest BCUT2D eigenvalue weighted by Gasteiger charge is -2.35. The lowest BCUT2D eigenvalue weighted by Crippen LogP contribution is -2.51. The van der Waals surface area contributed by atoms with Crippen LogP contribution in [0.25, 0.3) is 0 Å². The van der Waals surface area contributed by atoms with E-state index in [9.17, 15) is 18.4 Å². The minimum absolute atomic E-state index is 0.0166. The zero-order chi connectivity index (χ0) is 26.7. The molecule has 2 atom stereocenters. The molecule has 0 aromatic carbocycles. The van der Waals surface area contributed by atoms with Crippen LogP contribution in [0.2, 0.25) is 0 Å². The first-order valence-corrected chi connectivity index (χ1v) is 13.2. The summed E-state index contributed by atoms with van der Waals surface area (Å²) in [5.41, 5.74) is 0.967. The standard InChI is InChI=1S/C26H33F3N8O/c1-35-11-2-4-19(35)17-38-25-33-22-16-36(23-14-31-9-7-21(23)26(27,28)29)12-3-5-20(22)24(34-25)37-13-10-32-18(15-37)6-8-30/h7,9,14,18-19,32H,2-6,10-13,15-17H2,1H3/t18?,19-/m0/s1. The fourth-order valence-electron chi connectivity index (χ4n) is 5.62. The second-order valence-corrected chi connectivity index (χ2v) is 10.2. The third-order valence-corrected chi connectivity index (χ3v) is 7.66. The molecule has 3 aliphatic heterocycles. The molecule has 0 bridgehead atoms. The topological polar surface area (TPSA) is 93.4 Å². The van der Waals surface area contributed by atoms with E-state index in [0.29, 0.717) is 57.7 Å². The van der Waals surface area contributed by atoms with Gasteiger partial charge in [0.1, 0.15) is 12.4 Å². The molecule has 0 saturated carbocycles. The predicted octanol–water partition coefficient (Wildman–Crippen LogP) is 3.01. The molecule has 1 unspecified atom stereocenters. The zero-order valence-electron chi connectivity index (χ0n) is 21.5. The number of fused-ring (bicyclic) bond motifs is 1. The van der Waals surface area contributed by atoms with Gasteiger partial charge in [0.25, 0.3) is 0 Å². The molecule has 2 saturated heterocycles. The molecule has 0 spiro atoms. The van der Waals surface area contributed by atoms with Gasteiger partial charge >= 0.3 is 12.2 Å². The van der Waals surface area contributed by atoms with Crippen LogP contribution < -0.4 is 19.9 Å². The summed E-state index contributed by atoms with van der Waals surface area (Å²) in [7, 11) is 2.07. The average molecular weight is 531 g/mol. The van der Waals surface area contributed by atoms with Gasteiger partial charge in [0, 0.05) is 50.0 Å². The Hall–Kier alpha value is -3.17. The van der Waals surface area contributed by atoms with Gasteiger partial charge in [-0.15, -0.1) is 0 Å². The minimum atomic E-state index is -4.48.